The number of carbonyl (C=O) groups excluding carboxylic acids is 1. The van der Waals surface area contributed by atoms with Crippen LogP contribution < -0.4 is 10.6 Å². The van der Waals surface area contributed by atoms with Crippen LogP contribution in [-0.2, 0) is 11.8 Å². The van der Waals surface area contributed by atoms with Crippen LogP contribution in [0.3, 0.4) is 0 Å². The van der Waals surface area contributed by atoms with Gasteiger partial charge >= 0.3 is 0 Å². The maximum atomic E-state index is 11.9. The van der Waals surface area contributed by atoms with Crippen LogP contribution in [0.25, 0.3) is 0 Å². The van der Waals surface area contributed by atoms with Crippen molar-refractivity contribution in [2.75, 3.05) is 11.9 Å². The van der Waals surface area contributed by atoms with E-state index in [1.165, 1.54) is 6.42 Å². The molecule has 0 aliphatic carbocycles. The summed E-state index contributed by atoms with van der Waals surface area (Å²) >= 11 is 0. The Balaban J connectivity index is 1.91. The summed E-state index contributed by atoms with van der Waals surface area (Å²) in [6.07, 6.45) is 7.88. The molecule has 1 aromatic rings. The number of amides is 1. The first kappa shape index (κ1) is 11.1. The predicted molar refractivity (Wildman–Crippen MR) is 62.1 cm³/mol. The Morgan fingerprint density at radius 2 is 2.44 bits per heavy atom. The van der Waals surface area contributed by atoms with Crippen molar-refractivity contribution in [2.45, 2.75) is 31.7 Å². The molecule has 1 aromatic heterocycles. The van der Waals surface area contributed by atoms with E-state index in [-0.39, 0.29) is 11.9 Å². The third kappa shape index (κ3) is 2.82. The third-order valence-corrected chi connectivity index (χ3v) is 2.85. The number of carbonyl (C=O) groups is 1. The highest BCUT2D eigenvalue weighted by molar-refractivity contribution is 5.94. The van der Waals surface area contributed by atoms with E-state index in [4.69, 9.17) is 0 Å². The van der Waals surface area contributed by atoms with Gasteiger partial charge in [0.05, 0.1) is 17.9 Å². The molecule has 0 saturated carbocycles. The Bertz CT molecular complexity index is 353. The number of rotatable bonds is 2. The first-order valence-electron chi connectivity index (χ1n) is 5.78. The van der Waals surface area contributed by atoms with E-state index in [0.717, 1.165) is 31.5 Å². The van der Waals surface area contributed by atoms with E-state index < -0.39 is 0 Å². The molecular formula is C11H18N4O. The monoisotopic (exact) mass is 222 g/mol. The molecule has 0 bridgehead atoms. The van der Waals surface area contributed by atoms with Crippen molar-refractivity contribution in [3.8, 4) is 0 Å². The van der Waals surface area contributed by atoms with Crippen molar-refractivity contribution >= 4 is 11.6 Å². The highest BCUT2D eigenvalue weighted by atomic mass is 16.2. The molecule has 16 heavy (non-hydrogen) atoms. The lowest BCUT2D eigenvalue weighted by molar-refractivity contribution is -0.118. The summed E-state index contributed by atoms with van der Waals surface area (Å²) in [6.45, 7) is 0.936. The number of aromatic nitrogens is 2. The van der Waals surface area contributed by atoms with E-state index in [1.54, 1.807) is 17.1 Å². The summed E-state index contributed by atoms with van der Waals surface area (Å²) in [7, 11) is 1.83. The van der Waals surface area contributed by atoms with Gasteiger partial charge in [-0.25, -0.2) is 0 Å². The van der Waals surface area contributed by atoms with Gasteiger partial charge in [-0.15, -0.1) is 0 Å². The standard InChI is InChI=1S/C11H18N4O/c1-15-8-9(7-13-15)14-11(16)10-5-3-2-4-6-12-10/h7-8,10,12H,2-6H2,1H3,(H,14,16). The van der Waals surface area contributed by atoms with E-state index in [9.17, 15) is 4.79 Å². The van der Waals surface area contributed by atoms with E-state index >= 15 is 0 Å². The molecule has 2 N–H and O–H groups in total. The molecule has 0 radical (unpaired) electrons. The predicted octanol–water partition coefficient (Wildman–Crippen LogP) is 0.891. The molecule has 1 amide bonds. The second-order valence-electron chi connectivity index (χ2n) is 4.25. The van der Waals surface area contributed by atoms with Gasteiger partial charge in [-0.3, -0.25) is 9.48 Å². The average Bonchev–Trinajstić information content (AvgIpc) is 2.56. The number of hydrogen-bond acceptors (Lipinski definition) is 3. The van der Waals surface area contributed by atoms with Gasteiger partial charge in [0.2, 0.25) is 5.91 Å². The van der Waals surface area contributed by atoms with Gasteiger partial charge in [0, 0.05) is 13.2 Å². The second kappa shape index (κ2) is 5.12. The van der Waals surface area contributed by atoms with Crippen LogP contribution in [0.15, 0.2) is 12.4 Å². The maximum Gasteiger partial charge on any atom is 0.241 e. The van der Waals surface area contributed by atoms with Crippen LogP contribution in [0, 0.1) is 0 Å². The van der Waals surface area contributed by atoms with Crippen molar-refractivity contribution < 1.29 is 4.79 Å². The summed E-state index contributed by atoms with van der Waals surface area (Å²) < 4.78 is 1.68. The Kier molecular flexibility index (Phi) is 3.56. The number of anilines is 1. The lowest BCUT2D eigenvalue weighted by atomic mass is 10.1. The van der Waals surface area contributed by atoms with Crippen molar-refractivity contribution in [3.05, 3.63) is 12.4 Å². The van der Waals surface area contributed by atoms with Crippen molar-refractivity contribution in [2.24, 2.45) is 7.05 Å². The largest absolute Gasteiger partial charge is 0.322 e. The second-order valence-corrected chi connectivity index (χ2v) is 4.25. The van der Waals surface area contributed by atoms with Crippen molar-refractivity contribution in [3.63, 3.8) is 0 Å². The SMILES string of the molecule is Cn1cc(NC(=O)C2CCCCCN2)cn1. The Labute approximate surface area is 95.2 Å². The van der Waals surface area contributed by atoms with Crippen LogP contribution in [0.2, 0.25) is 0 Å². The van der Waals surface area contributed by atoms with Crippen LogP contribution >= 0.6 is 0 Å². The summed E-state index contributed by atoms with van der Waals surface area (Å²) in [5.74, 6) is 0.0508. The lowest BCUT2D eigenvalue weighted by Crippen LogP contribution is -2.39. The topological polar surface area (TPSA) is 59.0 Å². The Hall–Kier alpha value is -1.36. The molecule has 5 nitrogen and oxygen atoms in total. The number of hydrogen-bond donors (Lipinski definition) is 2. The quantitative estimate of drug-likeness (QED) is 0.781. The fraction of sp³-hybridized carbons (Fsp3) is 0.636. The van der Waals surface area contributed by atoms with Gasteiger partial charge in [0.15, 0.2) is 0 Å². The van der Waals surface area contributed by atoms with Gasteiger partial charge in [-0.1, -0.05) is 12.8 Å². The van der Waals surface area contributed by atoms with Crippen LogP contribution in [0.4, 0.5) is 5.69 Å². The summed E-state index contributed by atoms with van der Waals surface area (Å²) in [5.41, 5.74) is 0.763. The molecule has 0 spiro atoms. The van der Waals surface area contributed by atoms with Gasteiger partial charge in [0.1, 0.15) is 0 Å². The third-order valence-electron chi connectivity index (χ3n) is 2.85. The molecule has 1 atom stereocenters. The first-order chi connectivity index (χ1) is 7.75. The van der Waals surface area contributed by atoms with E-state index in [0.29, 0.717) is 0 Å². The van der Waals surface area contributed by atoms with E-state index in [1.807, 2.05) is 7.05 Å². The minimum absolute atomic E-state index is 0.0508. The van der Waals surface area contributed by atoms with Gasteiger partial charge in [0.25, 0.3) is 0 Å². The van der Waals surface area contributed by atoms with Gasteiger partial charge in [-0.2, -0.15) is 5.10 Å². The molecule has 1 aliphatic heterocycles. The van der Waals surface area contributed by atoms with Crippen LogP contribution in [0.5, 0.6) is 0 Å². The molecule has 88 valence electrons. The van der Waals surface area contributed by atoms with Gasteiger partial charge in [-0.05, 0) is 19.4 Å². The first-order valence-corrected chi connectivity index (χ1v) is 5.78. The maximum absolute atomic E-state index is 11.9. The van der Waals surface area contributed by atoms with Gasteiger partial charge < -0.3 is 10.6 Å². The van der Waals surface area contributed by atoms with Crippen molar-refractivity contribution in [1.29, 1.82) is 0 Å². The number of nitrogens with one attached hydrogen (secondary N) is 2. The minimum Gasteiger partial charge on any atom is -0.322 e. The van der Waals surface area contributed by atoms with Crippen molar-refractivity contribution in [1.82, 2.24) is 15.1 Å². The zero-order valence-corrected chi connectivity index (χ0v) is 9.57. The molecule has 1 unspecified atom stereocenters. The molecular weight excluding hydrogens is 204 g/mol. The van der Waals surface area contributed by atoms with E-state index in [2.05, 4.69) is 15.7 Å². The molecule has 2 rings (SSSR count). The molecule has 1 fully saturated rings. The highest BCUT2D eigenvalue weighted by Gasteiger charge is 2.19. The molecule has 1 saturated heterocycles. The lowest BCUT2D eigenvalue weighted by Gasteiger charge is -2.14. The molecule has 2 heterocycles. The Morgan fingerprint density at radius 3 is 3.19 bits per heavy atom. The smallest absolute Gasteiger partial charge is 0.241 e. The van der Waals surface area contributed by atoms with Crippen LogP contribution in [-0.4, -0.2) is 28.3 Å². The zero-order valence-electron chi connectivity index (χ0n) is 9.57. The Morgan fingerprint density at radius 1 is 1.56 bits per heavy atom. The summed E-state index contributed by atoms with van der Waals surface area (Å²) in [6, 6.07) is -0.0530. The normalized spacial score (nSPS) is 21.4. The fourth-order valence-corrected chi connectivity index (χ4v) is 1.97. The molecule has 1 aliphatic rings. The average molecular weight is 222 g/mol. The number of aryl methyl sites for hydroxylation is 1. The minimum atomic E-state index is -0.0530. The van der Waals surface area contributed by atoms with Crippen LogP contribution in [0.1, 0.15) is 25.7 Å². The zero-order chi connectivity index (χ0) is 11.4. The summed E-state index contributed by atoms with van der Waals surface area (Å²) in [4.78, 5) is 11.9. The number of nitrogens with zero attached hydrogens (tertiary/aromatic N) is 2. The summed E-state index contributed by atoms with van der Waals surface area (Å²) in [5, 5.41) is 10.2. The molecule has 0 aromatic carbocycles. The molecule has 5 heteroatoms. The fourth-order valence-electron chi connectivity index (χ4n) is 1.97. The highest BCUT2D eigenvalue weighted by Crippen LogP contribution is 2.11.